The van der Waals surface area contributed by atoms with Gasteiger partial charge in [0.1, 0.15) is 0 Å². The van der Waals surface area contributed by atoms with Crippen molar-refractivity contribution in [3.05, 3.63) is 28.2 Å². The molecule has 1 aromatic rings. The minimum absolute atomic E-state index is 0.0602. The second-order valence-electron chi connectivity index (χ2n) is 2.26. The fourth-order valence-corrected chi connectivity index (χ4v) is 0.917. The molecule has 0 fully saturated rings. The van der Waals surface area contributed by atoms with Crippen LogP contribution in [0.2, 0.25) is 0 Å². The van der Waals surface area contributed by atoms with Gasteiger partial charge in [-0.2, -0.15) is 5.11 Å². The maximum atomic E-state index is 10.7. The molecule has 2 rings (SSSR count). The summed E-state index contributed by atoms with van der Waals surface area (Å²) in [6.07, 6.45) is 2.43. The Morgan fingerprint density at radius 1 is 1.62 bits per heavy atom. The minimum atomic E-state index is -1.77. The summed E-state index contributed by atoms with van der Waals surface area (Å²) < 4.78 is 0. The molecule has 0 spiro atoms. The van der Waals surface area contributed by atoms with Crippen molar-refractivity contribution < 1.29 is 4.92 Å². The lowest BCUT2D eigenvalue weighted by molar-refractivity contribution is -0.563. The van der Waals surface area contributed by atoms with Crippen molar-refractivity contribution in [3.63, 3.8) is 0 Å². The molecule has 9 nitrogen and oxygen atoms in total. The monoisotopic (exact) mass is 181 g/mol. The van der Waals surface area contributed by atoms with Crippen molar-refractivity contribution in [3.8, 4) is 0 Å². The largest absolute Gasteiger partial charge is 0.411 e. The third-order valence-electron chi connectivity index (χ3n) is 1.56. The smallest absolute Gasteiger partial charge is 0.261 e. The van der Waals surface area contributed by atoms with E-state index >= 15 is 0 Å². The van der Waals surface area contributed by atoms with Crippen LogP contribution in [0.1, 0.15) is 5.82 Å². The van der Waals surface area contributed by atoms with Crippen LogP contribution in [0.5, 0.6) is 0 Å². The summed E-state index contributed by atoms with van der Waals surface area (Å²) in [6.45, 7) is 0. The predicted octanol–water partition coefficient (Wildman–Crippen LogP) is -0.391. The van der Waals surface area contributed by atoms with Crippen molar-refractivity contribution in [1.82, 2.24) is 20.6 Å². The van der Waals surface area contributed by atoms with Crippen LogP contribution in [0.4, 0.5) is 0 Å². The lowest BCUT2D eigenvalue weighted by Crippen LogP contribution is -2.30. The summed E-state index contributed by atoms with van der Waals surface area (Å²) in [5, 5.41) is 29.7. The maximum Gasteiger partial charge on any atom is 0.411 e. The van der Waals surface area contributed by atoms with Gasteiger partial charge in [0.15, 0.2) is 0 Å². The zero-order chi connectivity index (χ0) is 9.31. The molecule has 0 saturated carbocycles. The van der Waals surface area contributed by atoms with Crippen LogP contribution < -0.4 is 0 Å². The van der Waals surface area contributed by atoms with Crippen LogP contribution in [0.3, 0.4) is 0 Å². The number of nitrogens with one attached hydrogen (secondary N) is 1. The topological polar surface area (TPSA) is 122 Å². The first-order valence-electron chi connectivity index (χ1n) is 3.24. The normalized spacial score (nSPS) is 25.2. The Balaban J connectivity index is 2.53. The Morgan fingerprint density at radius 2 is 2.46 bits per heavy atom. The van der Waals surface area contributed by atoms with Gasteiger partial charge < -0.3 is 0 Å². The average molecular weight is 181 g/mol. The molecule has 2 heterocycles. The van der Waals surface area contributed by atoms with Crippen LogP contribution in [0.25, 0.3) is 0 Å². The summed E-state index contributed by atoms with van der Waals surface area (Å²) in [4.78, 5) is 10.1. The summed E-state index contributed by atoms with van der Waals surface area (Å²) in [7, 11) is 0. The highest BCUT2D eigenvalue weighted by Crippen LogP contribution is 2.28. The fourth-order valence-electron chi connectivity index (χ4n) is 0.917. The van der Waals surface area contributed by atoms with E-state index in [9.17, 15) is 10.1 Å². The van der Waals surface area contributed by atoms with Gasteiger partial charge in [0.2, 0.25) is 0 Å². The van der Waals surface area contributed by atoms with Crippen molar-refractivity contribution in [2.24, 2.45) is 10.2 Å². The number of nitrogens with zero attached hydrogens (tertiary/aromatic N) is 6. The molecule has 1 aromatic heterocycles. The predicted molar refractivity (Wildman–Crippen MR) is 36.8 cm³/mol. The van der Waals surface area contributed by atoms with Gasteiger partial charge in [-0.1, -0.05) is 5.11 Å². The van der Waals surface area contributed by atoms with Gasteiger partial charge in [-0.25, -0.2) is 5.10 Å². The average Bonchev–Trinajstić information content (AvgIpc) is 2.75. The zero-order valence-electron chi connectivity index (χ0n) is 6.15. The van der Waals surface area contributed by atoms with Gasteiger partial charge in [-0.3, -0.25) is 10.1 Å². The summed E-state index contributed by atoms with van der Waals surface area (Å²) >= 11 is 0. The van der Waals surface area contributed by atoms with Gasteiger partial charge in [0.25, 0.3) is 5.82 Å². The second kappa shape index (κ2) is 2.40. The highest BCUT2D eigenvalue weighted by atomic mass is 16.6. The van der Waals surface area contributed by atoms with E-state index in [1.54, 1.807) is 0 Å². The quantitative estimate of drug-likeness (QED) is 0.491. The maximum absolute atomic E-state index is 10.7. The molecule has 0 aliphatic carbocycles. The van der Waals surface area contributed by atoms with E-state index in [4.69, 9.17) is 0 Å². The molecule has 1 atom stereocenters. The van der Waals surface area contributed by atoms with Crippen molar-refractivity contribution >= 4 is 0 Å². The van der Waals surface area contributed by atoms with Crippen molar-refractivity contribution in [2.75, 3.05) is 0 Å². The van der Waals surface area contributed by atoms with E-state index in [0.29, 0.717) is 0 Å². The minimum Gasteiger partial charge on any atom is -0.261 e. The van der Waals surface area contributed by atoms with E-state index in [0.717, 1.165) is 0 Å². The van der Waals surface area contributed by atoms with E-state index in [2.05, 4.69) is 30.9 Å². The number of H-pyrrole nitrogens is 1. The number of aromatic amines is 1. The first kappa shape index (κ1) is 7.46. The standard InChI is InChI=1S/C4H3N7O2/c12-11(13)4(1-2-5-8-4)3-6-9-10-7-3/h1-2H,(H,6,7,9,10). The third kappa shape index (κ3) is 0.898. The van der Waals surface area contributed by atoms with Crippen molar-refractivity contribution in [1.29, 1.82) is 0 Å². The van der Waals surface area contributed by atoms with Gasteiger partial charge in [0.05, 0.1) is 11.1 Å². The number of aromatic nitrogens is 4. The van der Waals surface area contributed by atoms with Crippen molar-refractivity contribution in [2.45, 2.75) is 5.66 Å². The van der Waals surface area contributed by atoms with Gasteiger partial charge >= 0.3 is 5.66 Å². The molecule has 1 aliphatic rings. The number of tetrazole rings is 1. The molecule has 0 amide bonds. The highest BCUT2D eigenvalue weighted by molar-refractivity contribution is 5.12. The van der Waals surface area contributed by atoms with Crippen LogP contribution >= 0.6 is 0 Å². The molecule has 0 bridgehead atoms. The lowest BCUT2D eigenvalue weighted by Gasteiger charge is -2.07. The van der Waals surface area contributed by atoms with Gasteiger partial charge in [-0.05, 0) is 10.4 Å². The molecule has 66 valence electrons. The second-order valence-corrected chi connectivity index (χ2v) is 2.26. The summed E-state index contributed by atoms with van der Waals surface area (Å²) in [5.74, 6) is -0.0602. The number of hydrogen-bond donors (Lipinski definition) is 1. The molecule has 1 N–H and O–H groups in total. The molecule has 1 unspecified atom stereocenters. The first-order valence-corrected chi connectivity index (χ1v) is 3.24. The molecule has 0 saturated heterocycles. The van der Waals surface area contributed by atoms with Gasteiger partial charge in [-0.15, -0.1) is 5.10 Å². The van der Waals surface area contributed by atoms with Crippen LogP contribution in [0.15, 0.2) is 22.5 Å². The Hall–Kier alpha value is -2.19. The van der Waals surface area contributed by atoms with E-state index in [-0.39, 0.29) is 5.82 Å². The Morgan fingerprint density at radius 3 is 2.92 bits per heavy atom. The Bertz CT molecular complexity index is 367. The number of azo groups is 1. The first-order chi connectivity index (χ1) is 6.26. The molecule has 13 heavy (non-hydrogen) atoms. The highest BCUT2D eigenvalue weighted by Gasteiger charge is 2.48. The summed E-state index contributed by atoms with van der Waals surface area (Å²) in [6, 6.07) is 0. The van der Waals surface area contributed by atoms with Crippen LogP contribution in [0, 0.1) is 10.1 Å². The van der Waals surface area contributed by atoms with Gasteiger partial charge in [0, 0.05) is 6.08 Å². The Kier molecular flexibility index (Phi) is 1.38. The third-order valence-corrected chi connectivity index (χ3v) is 1.56. The summed E-state index contributed by atoms with van der Waals surface area (Å²) in [5.41, 5.74) is -1.77. The number of rotatable bonds is 2. The SMILES string of the molecule is O=[N+]([O-])C1(c2nnn[nH]2)C=CN=N1. The zero-order valence-corrected chi connectivity index (χ0v) is 6.15. The Labute approximate surface area is 70.7 Å². The fraction of sp³-hybridized carbons (Fsp3) is 0.250. The molecule has 9 heteroatoms. The van der Waals surface area contributed by atoms with Crippen LogP contribution in [-0.2, 0) is 5.66 Å². The van der Waals surface area contributed by atoms with E-state index in [1.165, 1.54) is 12.3 Å². The molecule has 0 radical (unpaired) electrons. The molecular formula is C4H3N7O2. The number of hydrogen-bond acceptors (Lipinski definition) is 7. The number of nitro groups is 1. The lowest BCUT2D eigenvalue weighted by atomic mass is 10.2. The molecule has 0 aromatic carbocycles. The van der Waals surface area contributed by atoms with E-state index in [1.807, 2.05) is 0 Å². The molecular weight excluding hydrogens is 178 g/mol. The van der Waals surface area contributed by atoms with Crippen LogP contribution in [-0.4, -0.2) is 25.5 Å². The molecule has 1 aliphatic heterocycles. The van der Waals surface area contributed by atoms with E-state index < -0.39 is 10.6 Å².